The first-order valence-corrected chi connectivity index (χ1v) is 15.1. The van der Waals surface area contributed by atoms with Gasteiger partial charge in [-0.2, -0.15) is 11.3 Å². The van der Waals surface area contributed by atoms with Crippen molar-refractivity contribution >= 4 is 57.8 Å². The first-order valence-electron chi connectivity index (χ1n) is 13.3. The Hall–Kier alpha value is -3.48. The third-order valence-corrected chi connectivity index (χ3v) is 7.80. The molecular weight excluding hydrogens is 548 g/mol. The molecule has 4 rings (SSSR count). The fourth-order valence-corrected chi connectivity index (χ4v) is 5.79. The molecule has 0 spiro atoms. The minimum atomic E-state index is -0.637. The molecule has 1 atom stereocenters. The fourth-order valence-electron chi connectivity index (χ4n) is 4.49. The van der Waals surface area contributed by atoms with Gasteiger partial charge >= 0.3 is 12.1 Å². The maximum Gasteiger partial charge on any atom is 0.412 e. The highest BCUT2D eigenvalue weighted by molar-refractivity contribution is 7.09. The molecule has 3 aromatic heterocycles. The third-order valence-electron chi connectivity index (χ3n) is 6.37. The Bertz CT molecular complexity index is 1290. The molecule has 3 N–H and O–H groups in total. The van der Waals surface area contributed by atoms with Crippen molar-refractivity contribution in [3.05, 3.63) is 57.2 Å². The van der Waals surface area contributed by atoms with Gasteiger partial charge in [0.1, 0.15) is 11.3 Å². The van der Waals surface area contributed by atoms with E-state index in [9.17, 15) is 14.4 Å². The Balaban J connectivity index is 1.40. The van der Waals surface area contributed by atoms with Crippen molar-refractivity contribution in [2.24, 2.45) is 0 Å². The Kier molecular flexibility index (Phi) is 9.77. The third kappa shape index (κ3) is 8.26. The van der Waals surface area contributed by atoms with E-state index in [1.54, 1.807) is 43.8 Å². The van der Waals surface area contributed by atoms with Crippen LogP contribution in [0.4, 0.5) is 26.7 Å². The smallest absolute Gasteiger partial charge is 0.412 e. The summed E-state index contributed by atoms with van der Waals surface area (Å²) >= 11 is 2.87. The number of ether oxygens (including phenoxy) is 1. The summed E-state index contributed by atoms with van der Waals surface area (Å²) in [7, 11) is 0. The average Bonchev–Trinajstić information content (AvgIpc) is 3.66. The van der Waals surface area contributed by atoms with Gasteiger partial charge in [-0.05, 0) is 69.8 Å². The number of amides is 4. The maximum absolute atomic E-state index is 13.2. The number of carbonyl (C=O) groups is 3. The van der Waals surface area contributed by atoms with Gasteiger partial charge in [-0.15, -0.1) is 11.3 Å². The zero-order valence-electron chi connectivity index (χ0n) is 23.2. The molecule has 0 aromatic carbocycles. The number of likely N-dealkylation sites (N-methyl/N-ethyl adjacent to an activating group) is 1. The zero-order chi connectivity index (χ0) is 28.7. The van der Waals surface area contributed by atoms with Gasteiger partial charge in [-0.1, -0.05) is 13.0 Å². The van der Waals surface area contributed by atoms with Gasteiger partial charge in [-0.25, -0.2) is 9.59 Å². The molecule has 1 unspecified atom stereocenters. The fraction of sp³-hybridized carbons (Fsp3) is 0.429. The number of rotatable bonds is 9. The first-order chi connectivity index (χ1) is 19.1. The number of urea groups is 1. The van der Waals surface area contributed by atoms with Crippen LogP contribution in [0.15, 0.2) is 45.9 Å². The van der Waals surface area contributed by atoms with Gasteiger partial charge in [0.05, 0.1) is 17.1 Å². The Morgan fingerprint density at radius 3 is 2.50 bits per heavy atom. The van der Waals surface area contributed by atoms with E-state index in [0.29, 0.717) is 30.5 Å². The summed E-state index contributed by atoms with van der Waals surface area (Å²) in [6.45, 7) is 10.5. The van der Waals surface area contributed by atoms with E-state index in [0.717, 1.165) is 37.2 Å². The molecule has 0 radical (unpaired) electrons. The summed E-state index contributed by atoms with van der Waals surface area (Å²) in [5.41, 5.74) is 2.09. The van der Waals surface area contributed by atoms with Crippen LogP contribution in [-0.4, -0.2) is 64.1 Å². The summed E-state index contributed by atoms with van der Waals surface area (Å²) in [5, 5.41) is 15.7. The van der Waals surface area contributed by atoms with E-state index in [2.05, 4.69) is 32.8 Å². The second kappa shape index (κ2) is 13.2. The van der Waals surface area contributed by atoms with Crippen molar-refractivity contribution < 1.29 is 19.1 Å². The molecule has 0 saturated carbocycles. The summed E-state index contributed by atoms with van der Waals surface area (Å²) in [4.78, 5) is 46.9. The van der Waals surface area contributed by atoms with Crippen LogP contribution in [0, 0.1) is 0 Å². The number of pyridine rings is 1. The first kappa shape index (κ1) is 29.5. The number of likely N-dealkylation sites (tertiary alicyclic amines) is 1. The number of carbonyl (C=O) groups excluding carboxylic acids is 3. The van der Waals surface area contributed by atoms with Crippen LogP contribution in [-0.2, 0) is 11.3 Å². The SMILES string of the molecule is CCN1CCCC1CN(Cc1ccc(C(=O)Nc2cscc2NC(=O)OC(C)(C)C)nc1)C(=O)Nc1ccsc1. The van der Waals surface area contributed by atoms with Gasteiger partial charge in [0.2, 0.25) is 0 Å². The summed E-state index contributed by atoms with van der Waals surface area (Å²) in [6.07, 6.45) is 3.21. The number of hydrogen-bond acceptors (Lipinski definition) is 8. The van der Waals surface area contributed by atoms with Gasteiger partial charge < -0.3 is 20.3 Å². The van der Waals surface area contributed by atoms with E-state index >= 15 is 0 Å². The number of hydrogen-bond donors (Lipinski definition) is 3. The summed E-state index contributed by atoms with van der Waals surface area (Å²) in [6, 6.07) is 5.48. The van der Waals surface area contributed by atoms with Gasteiger partial charge in [0.15, 0.2) is 0 Å². The number of aromatic nitrogens is 1. The molecular formula is C28H36N6O4S2. The molecule has 4 amide bonds. The minimum Gasteiger partial charge on any atom is -0.444 e. The molecule has 0 aliphatic carbocycles. The van der Waals surface area contributed by atoms with Gasteiger partial charge in [-0.3, -0.25) is 20.0 Å². The molecule has 1 fully saturated rings. The molecule has 40 heavy (non-hydrogen) atoms. The molecule has 10 nitrogen and oxygen atoms in total. The van der Waals surface area contributed by atoms with Crippen LogP contribution < -0.4 is 16.0 Å². The second-order valence-electron chi connectivity index (χ2n) is 10.6. The largest absolute Gasteiger partial charge is 0.444 e. The van der Waals surface area contributed by atoms with Crippen LogP contribution in [0.25, 0.3) is 0 Å². The van der Waals surface area contributed by atoms with Crippen LogP contribution in [0.2, 0.25) is 0 Å². The van der Waals surface area contributed by atoms with Crippen LogP contribution in [0.1, 0.15) is 56.6 Å². The van der Waals surface area contributed by atoms with Crippen molar-refractivity contribution in [2.45, 2.75) is 58.7 Å². The normalized spacial score (nSPS) is 15.4. The quantitative estimate of drug-likeness (QED) is 0.271. The molecule has 214 valence electrons. The van der Waals surface area contributed by atoms with Crippen LogP contribution in [0.5, 0.6) is 0 Å². The van der Waals surface area contributed by atoms with E-state index in [-0.39, 0.29) is 11.7 Å². The minimum absolute atomic E-state index is 0.161. The van der Waals surface area contributed by atoms with Crippen molar-refractivity contribution in [3.63, 3.8) is 0 Å². The van der Waals surface area contributed by atoms with E-state index in [1.807, 2.05) is 27.8 Å². The van der Waals surface area contributed by atoms with E-state index in [1.165, 1.54) is 22.7 Å². The van der Waals surface area contributed by atoms with Crippen molar-refractivity contribution in [3.8, 4) is 0 Å². The molecule has 4 heterocycles. The van der Waals surface area contributed by atoms with Gasteiger partial charge in [0.25, 0.3) is 5.91 Å². The van der Waals surface area contributed by atoms with Gasteiger partial charge in [0, 0.05) is 41.5 Å². The average molecular weight is 585 g/mol. The highest BCUT2D eigenvalue weighted by atomic mass is 32.1. The molecule has 1 saturated heterocycles. The van der Waals surface area contributed by atoms with Crippen LogP contribution in [0.3, 0.4) is 0 Å². The van der Waals surface area contributed by atoms with Crippen molar-refractivity contribution in [1.82, 2.24) is 14.8 Å². The number of anilines is 3. The van der Waals surface area contributed by atoms with E-state index < -0.39 is 17.6 Å². The highest BCUT2D eigenvalue weighted by Crippen LogP contribution is 2.28. The Morgan fingerprint density at radius 1 is 1.07 bits per heavy atom. The molecule has 3 aromatic rings. The second-order valence-corrected chi connectivity index (χ2v) is 12.1. The predicted octanol–water partition coefficient (Wildman–Crippen LogP) is 6.32. The summed E-state index contributed by atoms with van der Waals surface area (Å²) in [5.74, 6) is -0.409. The lowest BCUT2D eigenvalue weighted by Gasteiger charge is -2.30. The standard InChI is InChI=1S/C28H36N6O4S2/c1-5-33-11-6-7-21(33)15-34(26(36)30-20-10-12-39-16-20)14-19-8-9-22(29-13-19)25(35)31-23-17-40-18-24(23)32-27(37)38-28(2,3)4/h8-10,12-13,16-18,21H,5-7,11,14-15H2,1-4H3,(H,30,36)(H,31,35)(H,32,37). The zero-order valence-corrected chi connectivity index (χ0v) is 24.9. The Morgan fingerprint density at radius 2 is 1.85 bits per heavy atom. The topological polar surface area (TPSA) is 116 Å². The monoisotopic (exact) mass is 584 g/mol. The molecule has 1 aliphatic heterocycles. The predicted molar refractivity (Wildman–Crippen MR) is 160 cm³/mol. The lowest BCUT2D eigenvalue weighted by Crippen LogP contribution is -2.44. The highest BCUT2D eigenvalue weighted by Gasteiger charge is 2.27. The Labute approximate surface area is 242 Å². The number of thiophene rings is 2. The summed E-state index contributed by atoms with van der Waals surface area (Å²) < 4.78 is 5.30. The maximum atomic E-state index is 13.2. The number of nitrogens with one attached hydrogen (secondary N) is 3. The van der Waals surface area contributed by atoms with Crippen LogP contribution >= 0.6 is 22.7 Å². The lowest BCUT2D eigenvalue weighted by atomic mass is 10.2. The van der Waals surface area contributed by atoms with Crippen molar-refractivity contribution in [2.75, 3.05) is 35.6 Å². The lowest BCUT2D eigenvalue weighted by molar-refractivity contribution is 0.0635. The molecule has 12 heteroatoms. The van der Waals surface area contributed by atoms with E-state index in [4.69, 9.17) is 4.74 Å². The molecule has 1 aliphatic rings. The number of nitrogens with zero attached hydrogens (tertiary/aromatic N) is 3. The van der Waals surface area contributed by atoms with Crippen molar-refractivity contribution in [1.29, 1.82) is 0 Å². The molecule has 0 bridgehead atoms.